The highest BCUT2D eigenvalue weighted by Crippen LogP contribution is 2.38. The molecule has 1 saturated heterocycles. The lowest BCUT2D eigenvalue weighted by Gasteiger charge is -2.32. The number of methoxy groups -OCH3 is 4. The molecule has 0 saturated carbocycles. The van der Waals surface area contributed by atoms with Gasteiger partial charge in [0.15, 0.2) is 11.5 Å². The summed E-state index contributed by atoms with van der Waals surface area (Å²) in [6.45, 7) is 4.17. The maximum Gasteiger partial charge on any atom is 0.254 e. The molecule has 1 heterocycles. The van der Waals surface area contributed by atoms with Crippen molar-refractivity contribution in [1.29, 1.82) is 0 Å². The van der Waals surface area contributed by atoms with Crippen molar-refractivity contribution in [2.45, 2.75) is 6.54 Å². The summed E-state index contributed by atoms with van der Waals surface area (Å²) < 4.78 is 21.3. The Morgan fingerprint density at radius 3 is 1.97 bits per heavy atom. The summed E-state index contributed by atoms with van der Waals surface area (Å²) in [7, 11) is 6.32. The third kappa shape index (κ3) is 4.74. The molecule has 1 amide bonds. The Bertz CT molecular complexity index is 805. The highest BCUT2D eigenvalue weighted by Gasteiger charge is 2.26. The van der Waals surface area contributed by atoms with Gasteiger partial charge < -0.3 is 28.7 Å². The Balaban J connectivity index is 1.63. The molecule has 2 aromatic carbocycles. The van der Waals surface area contributed by atoms with Gasteiger partial charge >= 0.3 is 0 Å². The number of ether oxygens (including phenoxy) is 4. The highest BCUT2D eigenvalue weighted by atomic mass is 16.5. The monoisotopic (exact) mass is 401 g/mol. The number of hydrogen-bond acceptors (Lipinski definition) is 5. The Morgan fingerprint density at radius 2 is 1.48 bits per heavy atom. The first-order valence-electron chi connectivity index (χ1n) is 9.65. The third-order valence-corrected chi connectivity index (χ3v) is 5.28. The summed E-state index contributed by atoms with van der Waals surface area (Å²) in [5.74, 6) is 2.30. The lowest BCUT2D eigenvalue weighted by atomic mass is 10.1. The summed E-state index contributed by atoms with van der Waals surface area (Å²) >= 11 is 0. The third-order valence-electron chi connectivity index (χ3n) is 5.28. The standard InChI is InChI=1S/C22H28N2O5/c1-26-18-7-5-16(6-8-18)15-23-9-11-24(12-10-23)22(25)17-13-19(27-2)21(29-4)20(14-17)28-3/h5-8,13-14H,9-12,15H2,1-4H3/p+1. The number of benzene rings is 2. The number of hydrogen-bond donors (Lipinski definition) is 1. The van der Waals surface area contributed by atoms with Gasteiger partial charge in [0.25, 0.3) is 5.91 Å². The van der Waals surface area contributed by atoms with Gasteiger partial charge in [-0.05, 0) is 36.4 Å². The van der Waals surface area contributed by atoms with E-state index in [0.29, 0.717) is 35.9 Å². The van der Waals surface area contributed by atoms with Crippen molar-refractivity contribution < 1.29 is 28.6 Å². The van der Waals surface area contributed by atoms with E-state index in [0.717, 1.165) is 25.4 Å². The second kappa shape index (κ2) is 9.52. The number of carbonyl (C=O) groups excluding carboxylic acids is 1. The molecule has 1 aliphatic heterocycles. The molecule has 1 fully saturated rings. The molecule has 0 spiro atoms. The van der Waals surface area contributed by atoms with Gasteiger partial charge in [0.1, 0.15) is 12.3 Å². The molecule has 0 radical (unpaired) electrons. The highest BCUT2D eigenvalue weighted by molar-refractivity contribution is 5.95. The maximum absolute atomic E-state index is 13.0. The second-order valence-corrected chi connectivity index (χ2v) is 6.98. The number of quaternary nitrogens is 1. The molecule has 0 aliphatic carbocycles. The van der Waals surface area contributed by atoms with Gasteiger partial charge in [-0.2, -0.15) is 0 Å². The first-order valence-corrected chi connectivity index (χ1v) is 9.65. The number of nitrogens with one attached hydrogen (secondary N) is 1. The lowest BCUT2D eigenvalue weighted by molar-refractivity contribution is -0.917. The van der Waals surface area contributed by atoms with Crippen LogP contribution in [0.2, 0.25) is 0 Å². The topological polar surface area (TPSA) is 61.7 Å². The van der Waals surface area contributed by atoms with Crippen molar-refractivity contribution in [2.75, 3.05) is 54.6 Å². The van der Waals surface area contributed by atoms with Gasteiger partial charge in [0, 0.05) is 11.1 Å². The molecule has 29 heavy (non-hydrogen) atoms. The molecule has 0 aromatic heterocycles. The first kappa shape index (κ1) is 20.8. The number of rotatable bonds is 7. The molecule has 1 aliphatic rings. The van der Waals surface area contributed by atoms with Crippen molar-refractivity contribution in [3.63, 3.8) is 0 Å². The number of amides is 1. The molecule has 156 valence electrons. The van der Waals surface area contributed by atoms with Gasteiger partial charge in [0.05, 0.1) is 54.6 Å². The second-order valence-electron chi connectivity index (χ2n) is 6.98. The van der Waals surface area contributed by atoms with Crippen LogP contribution in [-0.2, 0) is 6.54 Å². The van der Waals surface area contributed by atoms with E-state index in [1.807, 2.05) is 17.0 Å². The SMILES string of the molecule is COc1ccc(C[NH+]2CCN(C(=O)c3cc(OC)c(OC)c(OC)c3)CC2)cc1. The molecule has 3 rings (SSSR count). The Labute approximate surface area is 171 Å². The van der Waals surface area contributed by atoms with E-state index >= 15 is 0 Å². The Hall–Kier alpha value is -2.93. The van der Waals surface area contributed by atoms with Crippen molar-refractivity contribution in [1.82, 2.24) is 4.90 Å². The molecule has 0 atom stereocenters. The maximum atomic E-state index is 13.0. The van der Waals surface area contributed by atoms with Crippen molar-refractivity contribution in [3.05, 3.63) is 47.5 Å². The number of piperazine rings is 1. The van der Waals surface area contributed by atoms with Crippen molar-refractivity contribution in [3.8, 4) is 23.0 Å². The smallest absolute Gasteiger partial charge is 0.254 e. The zero-order valence-electron chi connectivity index (χ0n) is 17.5. The summed E-state index contributed by atoms with van der Waals surface area (Å²) in [4.78, 5) is 16.4. The van der Waals surface area contributed by atoms with E-state index in [1.165, 1.54) is 10.5 Å². The lowest BCUT2D eigenvalue weighted by Crippen LogP contribution is -3.13. The van der Waals surface area contributed by atoms with E-state index in [9.17, 15) is 4.79 Å². The fourth-order valence-corrected chi connectivity index (χ4v) is 3.62. The molecule has 7 heteroatoms. The normalized spacial score (nSPS) is 14.4. The van der Waals surface area contributed by atoms with Crippen LogP contribution in [-0.4, -0.2) is 65.4 Å². The van der Waals surface area contributed by atoms with Crippen LogP contribution in [0.5, 0.6) is 23.0 Å². The quantitative estimate of drug-likeness (QED) is 0.757. The Morgan fingerprint density at radius 1 is 0.897 bits per heavy atom. The van der Waals surface area contributed by atoms with Crippen LogP contribution in [0.3, 0.4) is 0 Å². The van der Waals surface area contributed by atoms with Gasteiger partial charge in [-0.1, -0.05) is 0 Å². The molecule has 0 unspecified atom stereocenters. The Kier molecular flexibility index (Phi) is 6.82. The first-order chi connectivity index (χ1) is 14.1. The van der Waals surface area contributed by atoms with Gasteiger partial charge in [-0.25, -0.2) is 0 Å². The molecule has 7 nitrogen and oxygen atoms in total. The van der Waals surface area contributed by atoms with Crippen LogP contribution in [0, 0.1) is 0 Å². The van der Waals surface area contributed by atoms with E-state index in [2.05, 4.69) is 12.1 Å². The molecule has 1 N–H and O–H groups in total. The summed E-state index contributed by atoms with van der Waals surface area (Å²) in [5, 5.41) is 0. The average molecular weight is 401 g/mol. The van der Waals surface area contributed by atoms with Crippen LogP contribution >= 0.6 is 0 Å². The number of carbonyl (C=O) groups is 1. The fraction of sp³-hybridized carbons (Fsp3) is 0.409. The van der Waals surface area contributed by atoms with Gasteiger partial charge in [-0.15, -0.1) is 0 Å². The molecular formula is C22H29N2O5+. The molecule has 0 bridgehead atoms. The largest absolute Gasteiger partial charge is 0.497 e. The van der Waals surface area contributed by atoms with Gasteiger partial charge in [0.2, 0.25) is 5.75 Å². The molecule has 2 aromatic rings. The van der Waals surface area contributed by atoms with Crippen molar-refractivity contribution >= 4 is 5.91 Å². The average Bonchev–Trinajstić information content (AvgIpc) is 2.78. The van der Waals surface area contributed by atoms with E-state index in [-0.39, 0.29) is 5.91 Å². The minimum absolute atomic E-state index is 0.0206. The van der Waals surface area contributed by atoms with Crippen LogP contribution < -0.4 is 23.8 Å². The summed E-state index contributed by atoms with van der Waals surface area (Å²) in [6, 6.07) is 11.6. The zero-order valence-corrected chi connectivity index (χ0v) is 17.5. The predicted molar refractivity (Wildman–Crippen MR) is 109 cm³/mol. The zero-order chi connectivity index (χ0) is 20.8. The minimum atomic E-state index is -0.0206. The van der Waals surface area contributed by atoms with Crippen LogP contribution in [0.4, 0.5) is 0 Å². The van der Waals surface area contributed by atoms with E-state index in [1.54, 1.807) is 40.6 Å². The van der Waals surface area contributed by atoms with Gasteiger partial charge in [-0.3, -0.25) is 4.79 Å². The van der Waals surface area contributed by atoms with Crippen LogP contribution in [0.25, 0.3) is 0 Å². The summed E-state index contributed by atoms with van der Waals surface area (Å²) in [5.41, 5.74) is 1.81. The minimum Gasteiger partial charge on any atom is -0.497 e. The number of nitrogens with zero attached hydrogens (tertiary/aromatic N) is 1. The van der Waals surface area contributed by atoms with E-state index in [4.69, 9.17) is 18.9 Å². The summed E-state index contributed by atoms with van der Waals surface area (Å²) in [6.07, 6.45) is 0. The fourth-order valence-electron chi connectivity index (χ4n) is 3.62. The van der Waals surface area contributed by atoms with Crippen LogP contribution in [0.1, 0.15) is 15.9 Å². The van der Waals surface area contributed by atoms with Crippen LogP contribution in [0.15, 0.2) is 36.4 Å². The predicted octanol–water partition coefficient (Wildman–Crippen LogP) is 1.26. The van der Waals surface area contributed by atoms with Crippen molar-refractivity contribution in [2.24, 2.45) is 0 Å². The van der Waals surface area contributed by atoms with E-state index < -0.39 is 0 Å². The molecular weight excluding hydrogens is 372 g/mol.